The highest BCUT2D eigenvalue weighted by Crippen LogP contribution is 2.41. The molecule has 1 aliphatic rings. The minimum Gasteiger partial charge on any atom is -0.388 e. The van der Waals surface area contributed by atoms with Crippen molar-refractivity contribution in [3.05, 3.63) is 59.4 Å². The van der Waals surface area contributed by atoms with Crippen molar-refractivity contribution in [2.45, 2.75) is 34.9 Å². The first-order valence-corrected chi connectivity index (χ1v) is 9.57. The summed E-state index contributed by atoms with van der Waals surface area (Å²) in [5.74, 6) is -0.563. The van der Waals surface area contributed by atoms with E-state index < -0.39 is 23.7 Å². The summed E-state index contributed by atoms with van der Waals surface area (Å²) >= 11 is 1.04. The molecule has 1 N–H and O–H groups in total. The number of aliphatic hydroxyl groups excluding tert-OH is 1. The zero-order valence-corrected chi connectivity index (χ0v) is 15.7. The summed E-state index contributed by atoms with van der Waals surface area (Å²) in [6.07, 6.45) is -4.10. The monoisotopic (exact) mass is 399 g/mol. The number of piperidine rings is 1. The minimum atomic E-state index is -4.50. The van der Waals surface area contributed by atoms with Crippen molar-refractivity contribution >= 4 is 11.8 Å². The summed E-state index contributed by atoms with van der Waals surface area (Å²) in [6.45, 7) is 1.58. The van der Waals surface area contributed by atoms with E-state index in [1.54, 1.807) is 18.2 Å². The van der Waals surface area contributed by atoms with Gasteiger partial charge in [-0.05, 0) is 74.8 Å². The molecule has 2 aromatic rings. The Morgan fingerprint density at radius 2 is 1.74 bits per heavy atom. The van der Waals surface area contributed by atoms with Crippen LogP contribution >= 0.6 is 11.8 Å². The second kappa shape index (κ2) is 8.20. The molecule has 0 radical (unpaired) electrons. The van der Waals surface area contributed by atoms with Gasteiger partial charge >= 0.3 is 6.18 Å². The van der Waals surface area contributed by atoms with Crippen molar-refractivity contribution in [2.24, 2.45) is 5.92 Å². The first-order chi connectivity index (χ1) is 12.8. The van der Waals surface area contributed by atoms with Crippen molar-refractivity contribution in [1.82, 2.24) is 4.90 Å². The van der Waals surface area contributed by atoms with Crippen molar-refractivity contribution in [2.75, 3.05) is 20.1 Å². The Hall–Kier alpha value is -1.57. The molecule has 1 saturated heterocycles. The van der Waals surface area contributed by atoms with Crippen molar-refractivity contribution < 1.29 is 22.7 Å². The molecule has 27 heavy (non-hydrogen) atoms. The molecule has 2 aromatic carbocycles. The SMILES string of the molecule is CN1CCC(C(O)c2cc(C(F)(F)F)ccc2Sc2ccccc2F)CC1. The van der Waals surface area contributed by atoms with E-state index in [2.05, 4.69) is 4.90 Å². The smallest absolute Gasteiger partial charge is 0.388 e. The van der Waals surface area contributed by atoms with Crippen LogP contribution in [0.2, 0.25) is 0 Å². The molecule has 0 aromatic heterocycles. The Morgan fingerprint density at radius 3 is 2.37 bits per heavy atom. The minimum absolute atomic E-state index is 0.121. The van der Waals surface area contributed by atoms with Crippen LogP contribution in [0.3, 0.4) is 0 Å². The van der Waals surface area contributed by atoms with Crippen LogP contribution in [-0.4, -0.2) is 30.1 Å². The van der Waals surface area contributed by atoms with Gasteiger partial charge < -0.3 is 10.0 Å². The van der Waals surface area contributed by atoms with Gasteiger partial charge in [0.2, 0.25) is 0 Å². The third-order valence-electron chi connectivity index (χ3n) is 4.92. The number of nitrogens with zero attached hydrogens (tertiary/aromatic N) is 1. The van der Waals surface area contributed by atoms with Crippen molar-refractivity contribution in [3.8, 4) is 0 Å². The van der Waals surface area contributed by atoms with Crippen LogP contribution in [0.1, 0.15) is 30.1 Å². The van der Waals surface area contributed by atoms with Gasteiger partial charge in [0.15, 0.2) is 0 Å². The van der Waals surface area contributed by atoms with E-state index in [4.69, 9.17) is 0 Å². The Bertz CT molecular complexity index is 788. The molecule has 0 bridgehead atoms. The lowest BCUT2D eigenvalue weighted by molar-refractivity contribution is -0.137. The maximum absolute atomic E-state index is 14.0. The zero-order chi connectivity index (χ0) is 19.6. The average molecular weight is 399 g/mol. The summed E-state index contributed by atoms with van der Waals surface area (Å²) in [5.41, 5.74) is -0.588. The van der Waals surface area contributed by atoms with Crippen LogP contribution in [0, 0.1) is 11.7 Å². The van der Waals surface area contributed by atoms with Gasteiger partial charge in [0, 0.05) is 9.79 Å². The van der Waals surface area contributed by atoms with E-state index >= 15 is 0 Å². The molecular formula is C20H21F4NOS. The fraction of sp³-hybridized carbons (Fsp3) is 0.400. The van der Waals surface area contributed by atoms with Gasteiger partial charge in [-0.15, -0.1) is 0 Å². The molecule has 1 atom stereocenters. The van der Waals surface area contributed by atoms with Gasteiger partial charge in [-0.25, -0.2) is 4.39 Å². The van der Waals surface area contributed by atoms with Crippen LogP contribution in [-0.2, 0) is 6.18 Å². The number of hydrogen-bond acceptors (Lipinski definition) is 3. The third kappa shape index (κ3) is 4.83. The molecule has 3 rings (SSSR count). The van der Waals surface area contributed by atoms with Crippen LogP contribution in [0.15, 0.2) is 52.3 Å². The first-order valence-electron chi connectivity index (χ1n) is 8.76. The van der Waals surface area contributed by atoms with E-state index in [1.165, 1.54) is 12.1 Å². The average Bonchev–Trinajstić information content (AvgIpc) is 2.63. The quantitative estimate of drug-likeness (QED) is 0.699. The number of alkyl halides is 3. The topological polar surface area (TPSA) is 23.5 Å². The number of hydrogen-bond donors (Lipinski definition) is 1. The lowest BCUT2D eigenvalue weighted by atomic mass is 9.87. The van der Waals surface area contributed by atoms with Crippen LogP contribution in [0.25, 0.3) is 0 Å². The van der Waals surface area contributed by atoms with E-state index in [1.807, 2.05) is 7.05 Å². The lowest BCUT2D eigenvalue weighted by Crippen LogP contribution is -2.32. The largest absolute Gasteiger partial charge is 0.416 e. The zero-order valence-electron chi connectivity index (χ0n) is 14.8. The summed E-state index contributed by atoms with van der Waals surface area (Å²) < 4.78 is 53.6. The molecule has 7 heteroatoms. The highest BCUT2D eigenvalue weighted by atomic mass is 32.2. The predicted octanol–water partition coefficient (Wildman–Crippen LogP) is 5.37. The van der Waals surface area contributed by atoms with Gasteiger partial charge in [-0.2, -0.15) is 13.2 Å². The number of halogens is 4. The fourth-order valence-electron chi connectivity index (χ4n) is 3.29. The standard InChI is InChI=1S/C20H21F4NOS/c1-25-10-8-13(9-11-25)19(26)15-12-14(20(22,23)24)6-7-17(15)27-18-5-3-2-4-16(18)21/h2-7,12-13,19,26H,8-11H2,1H3. The molecule has 1 unspecified atom stereocenters. The number of likely N-dealkylation sites (tertiary alicyclic amines) is 1. The molecule has 1 aliphatic heterocycles. The molecule has 0 spiro atoms. The first kappa shape index (κ1) is 20.2. The van der Waals surface area contributed by atoms with Gasteiger partial charge in [-0.3, -0.25) is 0 Å². The fourth-order valence-corrected chi connectivity index (χ4v) is 4.28. The second-order valence-electron chi connectivity index (χ2n) is 6.87. The molecule has 0 saturated carbocycles. The Morgan fingerprint density at radius 1 is 1.07 bits per heavy atom. The third-order valence-corrected chi connectivity index (χ3v) is 6.06. The normalized spacial score (nSPS) is 17.9. The predicted molar refractivity (Wildman–Crippen MR) is 97.1 cm³/mol. The van der Waals surface area contributed by atoms with Crippen LogP contribution in [0.5, 0.6) is 0 Å². The maximum atomic E-state index is 14.0. The number of rotatable bonds is 4. The highest BCUT2D eigenvalue weighted by Gasteiger charge is 2.33. The summed E-state index contributed by atoms with van der Waals surface area (Å²) in [7, 11) is 1.98. The van der Waals surface area contributed by atoms with Gasteiger partial charge in [0.1, 0.15) is 5.82 Å². The van der Waals surface area contributed by atoms with Crippen LogP contribution < -0.4 is 0 Å². The van der Waals surface area contributed by atoms with Gasteiger partial charge in [-0.1, -0.05) is 23.9 Å². The molecule has 1 heterocycles. The maximum Gasteiger partial charge on any atom is 0.416 e. The summed E-state index contributed by atoms with van der Waals surface area (Å²) in [6, 6.07) is 9.42. The molecule has 0 amide bonds. The lowest BCUT2D eigenvalue weighted by Gasteiger charge is -2.33. The molecule has 1 fully saturated rings. The van der Waals surface area contributed by atoms with Crippen molar-refractivity contribution in [1.29, 1.82) is 0 Å². The van der Waals surface area contributed by atoms with E-state index in [0.29, 0.717) is 22.6 Å². The summed E-state index contributed by atoms with van der Waals surface area (Å²) in [4.78, 5) is 2.89. The summed E-state index contributed by atoms with van der Waals surface area (Å²) in [5, 5.41) is 10.9. The van der Waals surface area contributed by atoms with Gasteiger partial charge in [0.25, 0.3) is 0 Å². The molecule has 146 valence electrons. The molecular weight excluding hydrogens is 378 g/mol. The van der Waals surface area contributed by atoms with Crippen molar-refractivity contribution in [3.63, 3.8) is 0 Å². The van der Waals surface area contributed by atoms with E-state index in [-0.39, 0.29) is 11.5 Å². The Labute approximate surface area is 160 Å². The molecule has 0 aliphatic carbocycles. The van der Waals surface area contributed by atoms with Gasteiger partial charge in [0.05, 0.1) is 11.7 Å². The number of aliphatic hydroxyl groups is 1. The van der Waals surface area contributed by atoms with Crippen LogP contribution in [0.4, 0.5) is 17.6 Å². The van der Waals surface area contributed by atoms with E-state index in [0.717, 1.165) is 37.0 Å². The Balaban J connectivity index is 1.96. The number of benzene rings is 2. The highest BCUT2D eigenvalue weighted by molar-refractivity contribution is 7.99. The molecule has 2 nitrogen and oxygen atoms in total. The van der Waals surface area contributed by atoms with E-state index in [9.17, 15) is 22.7 Å². The Kier molecular flexibility index (Phi) is 6.13. The second-order valence-corrected chi connectivity index (χ2v) is 7.95.